The van der Waals surface area contributed by atoms with E-state index in [2.05, 4.69) is 4.90 Å². The van der Waals surface area contributed by atoms with Crippen molar-refractivity contribution in [2.24, 2.45) is 5.73 Å². The van der Waals surface area contributed by atoms with Crippen molar-refractivity contribution >= 4 is 11.6 Å². The number of carbonyl (C=O) groups excluding carboxylic acids is 1. The van der Waals surface area contributed by atoms with Crippen LogP contribution in [-0.2, 0) is 6.54 Å². The largest absolute Gasteiger partial charge is 0.465 e. The molecule has 1 fully saturated rings. The average molecular weight is 329 g/mol. The zero-order chi connectivity index (χ0) is 17.3. The first-order chi connectivity index (χ1) is 11.5. The first-order valence-corrected chi connectivity index (χ1v) is 7.83. The van der Waals surface area contributed by atoms with Crippen LogP contribution in [0.15, 0.2) is 34.7 Å². The van der Waals surface area contributed by atoms with Crippen LogP contribution in [0, 0.1) is 17.0 Å². The van der Waals surface area contributed by atoms with Crippen molar-refractivity contribution < 1.29 is 14.1 Å². The molecule has 0 unspecified atom stereocenters. The summed E-state index contributed by atoms with van der Waals surface area (Å²) >= 11 is 0. The maximum atomic E-state index is 11.3. The minimum Gasteiger partial charge on any atom is -0.465 e. The Balaban J connectivity index is 1.87. The van der Waals surface area contributed by atoms with E-state index < -0.39 is 10.8 Å². The van der Waals surface area contributed by atoms with Gasteiger partial charge in [0.05, 0.1) is 11.0 Å². The van der Waals surface area contributed by atoms with Crippen molar-refractivity contribution in [3.63, 3.8) is 0 Å². The van der Waals surface area contributed by atoms with Crippen LogP contribution in [0.5, 0.6) is 0 Å². The van der Waals surface area contributed by atoms with Crippen molar-refractivity contribution in [1.82, 2.24) is 4.90 Å². The zero-order valence-electron chi connectivity index (χ0n) is 13.4. The molecule has 1 saturated heterocycles. The van der Waals surface area contributed by atoms with Crippen LogP contribution in [0.2, 0.25) is 0 Å². The fraction of sp³-hybridized carbons (Fsp3) is 0.353. The first kappa shape index (κ1) is 16.2. The van der Waals surface area contributed by atoms with Gasteiger partial charge in [0.1, 0.15) is 11.5 Å². The molecule has 1 aromatic carbocycles. The van der Waals surface area contributed by atoms with Crippen molar-refractivity contribution in [3.05, 3.63) is 63.1 Å². The second kappa shape index (κ2) is 6.45. The number of rotatable bonds is 5. The van der Waals surface area contributed by atoms with Gasteiger partial charge in [-0.05, 0) is 44.5 Å². The molecule has 2 N–H and O–H groups in total. The van der Waals surface area contributed by atoms with Crippen molar-refractivity contribution in [1.29, 1.82) is 0 Å². The smallest absolute Gasteiger partial charge is 0.274 e. The Morgan fingerprint density at radius 3 is 2.83 bits per heavy atom. The molecule has 0 saturated carbocycles. The maximum absolute atomic E-state index is 11.3. The van der Waals surface area contributed by atoms with E-state index in [1.54, 1.807) is 6.07 Å². The minimum atomic E-state index is -0.672. The fourth-order valence-electron chi connectivity index (χ4n) is 3.21. The number of primary amides is 1. The third kappa shape index (κ3) is 3.16. The third-order valence-electron chi connectivity index (χ3n) is 4.39. The number of nitrogens with two attached hydrogens (primary N) is 1. The van der Waals surface area contributed by atoms with Gasteiger partial charge in [-0.15, -0.1) is 0 Å². The molecule has 1 atom stereocenters. The summed E-state index contributed by atoms with van der Waals surface area (Å²) in [7, 11) is 0. The van der Waals surface area contributed by atoms with Crippen LogP contribution in [-0.4, -0.2) is 22.3 Å². The number of nitrogens with zero attached hydrogens (tertiary/aromatic N) is 2. The lowest BCUT2D eigenvalue weighted by atomic mass is 10.1. The minimum absolute atomic E-state index is 0.0763. The first-order valence-electron chi connectivity index (χ1n) is 7.83. The van der Waals surface area contributed by atoms with Crippen molar-refractivity contribution in [2.45, 2.75) is 32.4 Å². The number of hydrogen-bond donors (Lipinski definition) is 1. The van der Waals surface area contributed by atoms with Crippen LogP contribution in [0.1, 0.15) is 46.3 Å². The summed E-state index contributed by atoms with van der Waals surface area (Å²) in [6.07, 6.45) is 1.97. The van der Waals surface area contributed by atoms with Gasteiger partial charge < -0.3 is 10.2 Å². The predicted octanol–water partition coefficient (Wildman–Crippen LogP) is 2.93. The van der Waals surface area contributed by atoms with Gasteiger partial charge in [0.25, 0.3) is 5.69 Å². The van der Waals surface area contributed by atoms with Gasteiger partial charge in [-0.25, -0.2) is 0 Å². The lowest BCUT2D eigenvalue weighted by molar-refractivity contribution is -0.385. The molecule has 0 radical (unpaired) electrons. The quantitative estimate of drug-likeness (QED) is 0.671. The number of benzene rings is 1. The van der Waals surface area contributed by atoms with Crippen LogP contribution >= 0.6 is 0 Å². The van der Waals surface area contributed by atoms with Crippen LogP contribution < -0.4 is 5.73 Å². The normalized spacial score (nSPS) is 18.0. The molecule has 3 rings (SSSR count). The number of furan rings is 1. The van der Waals surface area contributed by atoms with E-state index >= 15 is 0 Å². The Morgan fingerprint density at radius 1 is 1.42 bits per heavy atom. The van der Waals surface area contributed by atoms with Crippen LogP contribution in [0.25, 0.3) is 0 Å². The average Bonchev–Trinajstić information content (AvgIpc) is 3.15. The lowest BCUT2D eigenvalue weighted by Crippen LogP contribution is -2.23. The molecule has 1 amide bonds. The topological polar surface area (TPSA) is 103 Å². The molecule has 2 aromatic rings. The Morgan fingerprint density at radius 2 is 2.21 bits per heavy atom. The highest BCUT2D eigenvalue weighted by atomic mass is 16.6. The highest BCUT2D eigenvalue weighted by Gasteiger charge is 2.30. The van der Waals surface area contributed by atoms with Gasteiger partial charge in [0, 0.05) is 23.7 Å². The molecule has 7 nitrogen and oxygen atoms in total. The summed E-state index contributed by atoms with van der Waals surface area (Å²) in [5.74, 6) is 1.07. The van der Waals surface area contributed by atoms with E-state index in [4.69, 9.17) is 10.2 Å². The molecule has 0 bridgehead atoms. The van der Waals surface area contributed by atoms with E-state index in [1.165, 1.54) is 12.1 Å². The van der Waals surface area contributed by atoms with Crippen molar-refractivity contribution in [2.75, 3.05) is 6.54 Å². The molecule has 2 heterocycles. The zero-order valence-corrected chi connectivity index (χ0v) is 13.4. The molecule has 24 heavy (non-hydrogen) atoms. The molecule has 126 valence electrons. The molecule has 1 aliphatic heterocycles. The Labute approximate surface area is 139 Å². The fourth-order valence-corrected chi connectivity index (χ4v) is 3.21. The number of aryl methyl sites for hydroxylation is 1. The number of likely N-dealkylation sites (tertiary alicyclic amines) is 1. The summed E-state index contributed by atoms with van der Waals surface area (Å²) < 4.78 is 5.73. The highest BCUT2D eigenvalue weighted by molar-refractivity contribution is 5.93. The second-order valence-corrected chi connectivity index (χ2v) is 6.04. The second-order valence-electron chi connectivity index (χ2n) is 6.04. The highest BCUT2D eigenvalue weighted by Crippen LogP contribution is 2.35. The summed E-state index contributed by atoms with van der Waals surface area (Å²) in [6.45, 7) is 3.18. The number of nitro groups is 1. The molecular formula is C17H19N3O4. The standard InChI is InChI=1S/C17H19N3O4/c1-11-4-7-16(24-11)14-3-2-8-19(14)10-13-6-5-12(17(18)21)9-15(13)20(22)23/h4-7,9,14H,2-3,8,10H2,1H3,(H2,18,21)/t14-/m1/s1. The lowest BCUT2D eigenvalue weighted by Gasteiger charge is -2.22. The van der Waals surface area contributed by atoms with Gasteiger partial charge in [0.2, 0.25) is 5.91 Å². The summed E-state index contributed by atoms with van der Waals surface area (Å²) in [5, 5.41) is 11.3. The van der Waals surface area contributed by atoms with Gasteiger partial charge >= 0.3 is 0 Å². The van der Waals surface area contributed by atoms with E-state index in [1.807, 2.05) is 19.1 Å². The van der Waals surface area contributed by atoms with Crippen LogP contribution in [0.4, 0.5) is 5.69 Å². The summed E-state index contributed by atoms with van der Waals surface area (Å²) in [4.78, 5) is 24.3. The van der Waals surface area contributed by atoms with Gasteiger partial charge in [-0.2, -0.15) is 0 Å². The molecule has 0 aliphatic carbocycles. The number of carbonyl (C=O) groups is 1. The summed E-state index contributed by atoms with van der Waals surface area (Å²) in [5.41, 5.74) is 5.85. The molecule has 0 spiro atoms. The van der Waals surface area contributed by atoms with E-state index in [0.717, 1.165) is 30.9 Å². The molecule has 7 heteroatoms. The molecule has 1 aliphatic rings. The predicted molar refractivity (Wildman–Crippen MR) is 87.4 cm³/mol. The molecule has 1 aromatic heterocycles. The van der Waals surface area contributed by atoms with Gasteiger partial charge in [-0.1, -0.05) is 6.07 Å². The monoisotopic (exact) mass is 329 g/mol. The third-order valence-corrected chi connectivity index (χ3v) is 4.39. The SMILES string of the molecule is Cc1ccc([C@H]2CCCN2Cc2ccc(C(N)=O)cc2[N+](=O)[O-])o1. The number of hydrogen-bond acceptors (Lipinski definition) is 5. The van der Waals surface area contributed by atoms with Crippen molar-refractivity contribution in [3.8, 4) is 0 Å². The van der Waals surface area contributed by atoms with E-state index in [9.17, 15) is 14.9 Å². The Kier molecular flexibility index (Phi) is 4.35. The van der Waals surface area contributed by atoms with Gasteiger partial charge in [-0.3, -0.25) is 19.8 Å². The number of nitro benzene ring substituents is 1. The Hall–Kier alpha value is -2.67. The summed E-state index contributed by atoms with van der Waals surface area (Å²) in [6, 6.07) is 8.40. The van der Waals surface area contributed by atoms with Crippen LogP contribution in [0.3, 0.4) is 0 Å². The van der Waals surface area contributed by atoms with E-state index in [-0.39, 0.29) is 17.3 Å². The maximum Gasteiger partial charge on any atom is 0.274 e. The van der Waals surface area contributed by atoms with Gasteiger partial charge in [0.15, 0.2) is 0 Å². The molecular weight excluding hydrogens is 310 g/mol. The van der Waals surface area contributed by atoms with E-state index in [0.29, 0.717) is 12.1 Å². The Bertz CT molecular complexity index is 784. The number of amides is 1.